The molecule has 1 amide bonds. The van der Waals surface area contributed by atoms with Crippen molar-refractivity contribution in [2.24, 2.45) is 0 Å². The van der Waals surface area contributed by atoms with Crippen LogP contribution in [0.5, 0.6) is 5.75 Å². The van der Waals surface area contributed by atoms with Crippen molar-refractivity contribution in [3.63, 3.8) is 0 Å². The van der Waals surface area contributed by atoms with Gasteiger partial charge in [0.25, 0.3) is 5.91 Å². The van der Waals surface area contributed by atoms with E-state index in [0.29, 0.717) is 23.6 Å². The van der Waals surface area contributed by atoms with Crippen molar-refractivity contribution in [1.82, 2.24) is 0 Å². The molecule has 0 saturated heterocycles. The summed E-state index contributed by atoms with van der Waals surface area (Å²) >= 11 is 3.34. The number of ether oxygens (including phenoxy) is 1. The number of hydrogen-bond acceptors (Lipinski definition) is 2. The molecule has 0 radical (unpaired) electrons. The van der Waals surface area contributed by atoms with Crippen molar-refractivity contribution in [3.8, 4) is 5.75 Å². The fourth-order valence-electron chi connectivity index (χ4n) is 1.90. The molecule has 0 aromatic heterocycles. The Morgan fingerprint density at radius 3 is 2.76 bits per heavy atom. The fraction of sp³-hybridized carbons (Fsp3) is 0.188. The molecule has 3 nitrogen and oxygen atoms in total. The van der Waals surface area contributed by atoms with Gasteiger partial charge in [0.05, 0.1) is 12.3 Å². The Kier molecular flexibility index (Phi) is 4.96. The van der Waals surface area contributed by atoms with Crippen LogP contribution >= 0.6 is 15.9 Å². The second kappa shape index (κ2) is 6.72. The molecular formula is C16H15BrFNO2. The summed E-state index contributed by atoms with van der Waals surface area (Å²) in [5.74, 6) is -0.352. The molecule has 2 aromatic rings. The smallest absolute Gasteiger partial charge is 0.256 e. The molecule has 0 aliphatic carbocycles. The maximum Gasteiger partial charge on any atom is 0.256 e. The van der Waals surface area contributed by atoms with E-state index in [2.05, 4.69) is 21.2 Å². The van der Waals surface area contributed by atoms with Gasteiger partial charge in [0, 0.05) is 16.1 Å². The first-order chi connectivity index (χ1) is 10.0. The van der Waals surface area contributed by atoms with Crippen molar-refractivity contribution >= 4 is 27.5 Å². The number of rotatable bonds is 4. The first kappa shape index (κ1) is 15.5. The van der Waals surface area contributed by atoms with E-state index in [1.165, 1.54) is 18.2 Å². The second-order valence-corrected chi connectivity index (χ2v) is 5.40. The van der Waals surface area contributed by atoms with Crippen molar-refractivity contribution in [2.45, 2.75) is 13.8 Å². The van der Waals surface area contributed by atoms with Gasteiger partial charge in [0.15, 0.2) is 0 Å². The van der Waals surface area contributed by atoms with Gasteiger partial charge in [-0.15, -0.1) is 0 Å². The van der Waals surface area contributed by atoms with Crippen molar-refractivity contribution in [2.75, 3.05) is 11.9 Å². The van der Waals surface area contributed by atoms with Gasteiger partial charge in [0.1, 0.15) is 11.6 Å². The lowest BCUT2D eigenvalue weighted by Crippen LogP contribution is -2.14. The molecule has 0 heterocycles. The summed E-state index contributed by atoms with van der Waals surface area (Å²) < 4.78 is 19.4. The third-order valence-electron chi connectivity index (χ3n) is 2.94. The lowest BCUT2D eigenvalue weighted by molar-refractivity contribution is 0.102. The largest absolute Gasteiger partial charge is 0.492 e. The van der Waals surface area contributed by atoms with Crippen LogP contribution in [0, 0.1) is 12.7 Å². The molecule has 110 valence electrons. The van der Waals surface area contributed by atoms with Gasteiger partial charge in [-0.3, -0.25) is 4.79 Å². The summed E-state index contributed by atoms with van der Waals surface area (Å²) in [5, 5.41) is 2.76. The third-order valence-corrected chi connectivity index (χ3v) is 3.43. The minimum Gasteiger partial charge on any atom is -0.492 e. The molecule has 5 heteroatoms. The van der Waals surface area contributed by atoms with Crippen LogP contribution < -0.4 is 10.1 Å². The van der Waals surface area contributed by atoms with Crippen LogP contribution in [-0.2, 0) is 0 Å². The average Bonchev–Trinajstić information content (AvgIpc) is 2.44. The van der Waals surface area contributed by atoms with Gasteiger partial charge >= 0.3 is 0 Å². The Hall–Kier alpha value is -1.88. The summed E-state index contributed by atoms with van der Waals surface area (Å²) in [7, 11) is 0. The summed E-state index contributed by atoms with van der Waals surface area (Å²) in [6, 6.07) is 9.50. The zero-order valence-electron chi connectivity index (χ0n) is 11.7. The molecule has 0 unspecified atom stereocenters. The standard InChI is InChI=1S/C16H15BrFNO2/c1-3-21-15-9-12(18)6-7-14(15)19-16(20)13-8-11(17)5-4-10(13)2/h4-9H,3H2,1-2H3,(H,19,20). The summed E-state index contributed by atoms with van der Waals surface area (Å²) in [4.78, 5) is 12.3. The highest BCUT2D eigenvalue weighted by atomic mass is 79.9. The molecule has 21 heavy (non-hydrogen) atoms. The minimum atomic E-state index is -0.407. The van der Waals surface area contributed by atoms with Gasteiger partial charge in [-0.1, -0.05) is 22.0 Å². The number of hydrogen-bond donors (Lipinski definition) is 1. The van der Waals surface area contributed by atoms with E-state index in [1.807, 2.05) is 19.1 Å². The zero-order chi connectivity index (χ0) is 15.4. The van der Waals surface area contributed by atoms with E-state index in [-0.39, 0.29) is 5.91 Å². The van der Waals surface area contributed by atoms with E-state index < -0.39 is 5.82 Å². The van der Waals surface area contributed by atoms with Gasteiger partial charge < -0.3 is 10.1 Å². The Balaban J connectivity index is 2.29. The minimum absolute atomic E-state index is 0.263. The maximum absolute atomic E-state index is 13.2. The molecule has 0 atom stereocenters. The lowest BCUT2D eigenvalue weighted by Gasteiger charge is -2.12. The number of amides is 1. The highest BCUT2D eigenvalue weighted by Gasteiger charge is 2.13. The van der Waals surface area contributed by atoms with Crippen molar-refractivity contribution in [1.29, 1.82) is 0 Å². The molecule has 0 saturated carbocycles. The molecule has 0 aliphatic heterocycles. The first-order valence-corrected chi connectivity index (χ1v) is 7.30. The van der Waals surface area contributed by atoms with Crippen LogP contribution in [-0.4, -0.2) is 12.5 Å². The number of halogens is 2. The van der Waals surface area contributed by atoms with Gasteiger partial charge in [-0.2, -0.15) is 0 Å². The van der Waals surface area contributed by atoms with Gasteiger partial charge in [-0.05, 0) is 43.7 Å². The predicted molar refractivity (Wildman–Crippen MR) is 84.4 cm³/mol. The highest BCUT2D eigenvalue weighted by Crippen LogP contribution is 2.26. The quantitative estimate of drug-likeness (QED) is 0.877. The van der Waals surface area contributed by atoms with Crippen LogP contribution in [0.2, 0.25) is 0 Å². The van der Waals surface area contributed by atoms with Crippen LogP contribution in [0.25, 0.3) is 0 Å². The van der Waals surface area contributed by atoms with E-state index in [0.717, 1.165) is 10.0 Å². The first-order valence-electron chi connectivity index (χ1n) is 6.51. The van der Waals surface area contributed by atoms with Crippen LogP contribution in [0.15, 0.2) is 40.9 Å². The van der Waals surface area contributed by atoms with E-state index in [1.54, 1.807) is 13.0 Å². The molecular weight excluding hydrogens is 337 g/mol. The molecule has 2 rings (SSSR count). The average molecular weight is 352 g/mol. The Morgan fingerprint density at radius 2 is 2.05 bits per heavy atom. The molecule has 0 aliphatic rings. The highest BCUT2D eigenvalue weighted by molar-refractivity contribution is 9.10. The summed E-state index contributed by atoms with van der Waals surface area (Å²) in [6.07, 6.45) is 0. The zero-order valence-corrected chi connectivity index (χ0v) is 13.3. The Morgan fingerprint density at radius 1 is 1.29 bits per heavy atom. The SMILES string of the molecule is CCOc1cc(F)ccc1NC(=O)c1cc(Br)ccc1C. The Labute approximate surface area is 131 Å². The van der Waals surface area contributed by atoms with Gasteiger partial charge in [-0.25, -0.2) is 4.39 Å². The summed E-state index contributed by atoms with van der Waals surface area (Å²) in [6.45, 7) is 4.05. The monoisotopic (exact) mass is 351 g/mol. The fourth-order valence-corrected chi connectivity index (χ4v) is 2.26. The normalized spacial score (nSPS) is 10.3. The number of aryl methyl sites for hydroxylation is 1. The number of benzene rings is 2. The lowest BCUT2D eigenvalue weighted by atomic mass is 10.1. The second-order valence-electron chi connectivity index (χ2n) is 4.49. The van der Waals surface area contributed by atoms with Crippen molar-refractivity contribution < 1.29 is 13.9 Å². The number of anilines is 1. The van der Waals surface area contributed by atoms with E-state index in [4.69, 9.17) is 4.74 Å². The predicted octanol–water partition coefficient (Wildman–Crippen LogP) is 4.55. The van der Waals surface area contributed by atoms with Crippen LogP contribution in [0.3, 0.4) is 0 Å². The van der Waals surface area contributed by atoms with Crippen LogP contribution in [0.1, 0.15) is 22.8 Å². The van der Waals surface area contributed by atoms with Crippen LogP contribution in [0.4, 0.5) is 10.1 Å². The van der Waals surface area contributed by atoms with Crippen molar-refractivity contribution in [3.05, 3.63) is 57.8 Å². The molecule has 2 aromatic carbocycles. The Bertz CT molecular complexity index is 673. The summed E-state index contributed by atoms with van der Waals surface area (Å²) in [5.41, 5.74) is 1.86. The van der Waals surface area contributed by atoms with Gasteiger partial charge in [0.2, 0.25) is 0 Å². The molecule has 1 N–H and O–H groups in total. The van der Waals surface area contributed by atoms with E-state index in [9.17, 15) is 9.18 Å². The number of nitrogens with one attached hydrogen (secondary N) is 1. The maximum atomic E-state index is 13.2. The number of carbonyl (C=O) groups excluding carboxylic acids is 1. The van der Waals surface area contributed by atoms with E-state index >= 15 is 0 Å². The third kappa shape index (κ3) is 3.82. The molecule has 0 spiro atoms. The number of carbonyl (C=O) groups is 1. The molecule has 0 bridgehead atoms. The topological polar surface area (TPSA) is 38.3 Å². The molecule has 0 fully saturated rings.